The third kappa shape index (κ3) is 3.38. The van der Waals surface area contributed by atoms with E-state index < -0.39 is 0 Å². The van der Waals surface area contributed by atoms with Crippen LogP contribution in [-0.2, 0) is 5.88 Å². The molecular weight excluding hydrogens is 260 g/mol. The van der Waals surface area contributed by atoms with E-state index in [1.807, 2.05) is 62.3 Å². The first-order valence-corrected chi connectivity index (χ1v) is 6.61. The fourth-order valence-corrected chi connectivity index (χ4v) is 1.99. The van der Waals surface area contributed by atoms with Gasteiger partial charge < -0.3 is 9.64 Å². The van der Waals surface area contributed by atoms with Crippen molar-refractivity contribution < 1.29 is 4.74 Å². The van der Waals surface area contributed by atoms with Crippen LogP contribution in [0.1, 0.15) is 11.3 Å². The summed E-state index contributed by atoms with van der Waals surface area (Å²) in [6.07, 6.45) is 0. The normalized spacial score (nSPS) is 10.3. The third-order valence-electron chi connectivity index (χ3n) is 2.87. The molecule has 2 rings (SSSR count). The number of halogens is 1. The molecule has 1 heterocycles. The Hall–Kier alpha value is -1.74. The zero-order chi connectivity index (χ0) is 13.8. The van der Waals surface area contributed by atoms with Crippen molar-refractivity contribution in [2.75, 3.05) is 19.0 Å². The first-order chi connectivity index (χ1) is 9.10. The highest BCUT2D eigenvalue weighted by Crippen LogP contribution is 2.25. The van der Waals surface area contributed by atoms with Crippen LogP contribution in [0, 0.1) is 6.92 Å². The quantitative estimate of drug-likeness (QED) is 0.790. The Morgan fingerprint density at radius 3 is 2.63 bits per heavy atom. The largest absolute Gasteiger partial charge is 0.439 e. The summed E-state index contributed by atoms with van der Waals surface area (Å²) in [5.41, 5.74) is 3.01. The van der Waals surface area contributed by atoms with Gasteiger partial charge in [-0.05, 0) is 24.6 Å². The molecule has 0 bridgehead atoms. The number of aryl methyl sites for hydroxylation is 1. The number of rotatable bonds is 4. The fourth-order valence-electron chi connectivity index (χ4n) is 1.71. The van der Waals surface area contributed by atoms with Gasteiger partial charge in [-0.25, -0.2) is 4.98 Å². The molecular formula is C15H17ClN2O. The molecule has 1 aromatic heterocycles. The van der Waals surface area contributed by atoms with E-state index in [0.29, 0.717) is 11.8 Å². The number of aromatic nitrogens is 1. The lowest BCUT2D eigenvalue weighted by Gasteiger charge is -2.14. The third-order valence-corrected chi connectivity index (χ3v) is 3.16. The summed E-state index contributed by atoms with van der Waals surface area (Å²) in [4.78, 5) is 6.42. The molecule has 0 aliphatic heterocycles. The Balaban J connectivity index is 2.21. The molecule has 4 heteroatoms. The van der Waals surface area contributed by atoms with Gasteiger partial charge in [0.25, 0.3) is 0 Å². The Morgan fingerprint density at radius 2 is 2.00 bits per heavy atom. The zero-order valence-corrected chi connectivity index (χ0v) is 12.1. The second-order valence-electron chi connectivity index (χ2n) is 4.52. The Morgan fingerprint density at radius 1 is 1.21 bits per heavy atom. The summed E-state index contributed by atoms with van der Waals surface area (Å²) < 4.78 is 5.77. The molecule has 0 amide bonds. The number of hydrogen-bond donors (Lipinski definition) is 0. The summed E-state index contributed by atoms with van der Waals surface area (Å²) in [7, 11) is 3.99. The van der Waals surface area contributed by atoms with Gasteiger partial charge in [0.2, 0.25) is 5.88 Å². The SMILES string of the molecule is Cc1nc(Oc2cccc(N(C)C)c2)ccc1CCl. The van der Waals surface area contributed by atoms with E-state index in [2.05, 4.69) is 4.98 Å². The maximum Gasteiger partial charge on any atom is 0.219 e. The van der Waals surface area contributed by atoms with Crippen LogP contribution in [0.3, 0.4) is 0 Å². The topological polar surface area (TPSA) is 25.4 Å². The molecule has 0 spiro atoms. The second kappa shape index (κ2) is 5.93. The minimum Gasteiger partial charge on any atom is -0.439 e. The molecule has 0 radical (unpaired) electrons. The minimum atomic E-state index is 0.467. The molecule has 0 atom stereocenters. The highest BCUT2D eigenvalue weighted by molar-refractivity contribution is 6.17. The smallest absolute Gasteiger partial charge is 0.219 e. The number of anilines is 1. The molecule has 0 aliphatic rings. The number of hydrogen-bond acceptors (Lipinski definition) is 3. The maximum atomic E-state index is 5.81. The lowest BCUT2D eigenvalue weighted by atomic mass is 10.2. The average molecular weight is 277 g/mol. The summed E-state index contributed by atoms with van der Waals surface area (Å²) in [6.45, 7) is 1.93. The molecule has 1 aromatic carbocycles. The molecule has 0 saturated carbocycles. The van der Waals surface area contributed by atoms with Crippen LogP contribution < -0.4 is 9.64 Å². The van der Waals surface area contributed by atoms with Crippen LogP contribution in [0.15, 0.2) is 36.4 Å². The minimum absolute atomic E-state index is 0.467. The van der Waals surface area contributed by atoms with Gasteiger partial charge in [-0.2, -0.15) is 0 Å². The molecule has 0 fully saturated rings. The van der Waals surface area contributed by atoms with Crippen molar-refractivity contribution in [2.24, 2.45) is 0 Å². The van der Waals surface area contributed by atoms with Crippen LogP contribution in [0.2, 0.25) is 0 Å². The summed E-state index contributed by atoms with van der Waals surface area (Å²) in [6, 6.07) is 11.7. The van der Waals surface area contributed by atoms with Gasteiger partial charge in [-0.1, -0.05) is 12.1 Å². The van der Waals surface area contributed by atoms with Crippen LogP contribution >= 0.6 is 11.6 Å². The van der Waals surface area contributed by atoms with E-state index >= 15 is 0 Å². The lowest BCUT2D eigenvalue weighted by molar-refractivity contribution is 0.461. The van der Waals surface area contributed by atoms with E-state index in [1.54, 1.807) is 0 Å². The maximum absolute atomic E-state index is 5.81. The number of ether oxygens (including phenoxy) is 1. The van der Waals surface area contributed by atoms with E-state index in [4.69, 9.17) is 16.3 Å². The van der Waals surface area contributed by atoms with Gasteiger partial charge in [0.1, 0.15) is 5.75 Å². The highest BCUT2D eigenvalue weighted by atomic mass is 35.5. The van der Waals surface area contributed by atoms with Crippen molar-refractivity contribution >= 4 is 17.3 Å². The first kappa shape index (κ1) is 13.7. The monoisotopic (exact) mass is 276 g/mol. The van der Waals surface area contributed by atoms with Gasteiger partial charge in [-0.15, -0.1) is 11.6 Å². The molecule has 0 N–H and O–H groups in total. The number of alkyl halides is 1. The Kier molecular flexibility index (Phi) is 4.27. The zero-order valence-electron chi connectivity index (χ0n) is 11.4. The fraction of sp³-hybridized carbons (Fsp3) is 0.267. The number of pyridine rings is 1. The molecule has 3 nitrogen and oxygen atoms in total. The van der Waals surface area contributed by atoms with Crippen LogP contribution in [-0.4, -0.2) is 19.1 Å². The second-order valence-corrected chi connectivity index (χ2v) is 4.79. The Bertz CT molecular complexity index is 570. The van der Waals surface area contributed by atoms with E-state index in [0.717, 1.165) is 22.7 Å². The summed E-state index contributed by atoms with van der Waals surface area (Å²) in [5.74, 6) is 1.83. The van der Waals surface area contributed by atoms with Gasteiger partial charge in [0.05, 0.1) is 0 Å². The summed E-state index contributed by atoms with van der Waals surface area (Å²) in [5, 5.41) is 0. The van der Waals surface area contributed by atoms with Crippen molar-refractivity contribution in [3.63, 3.8) is 0 Å². The van der Waals surface area contributed by atoms with Crippen molar-refractivity contribution in [3.05, 3.63) is 47.7 Å². The molecule has 2 aromatic rings. The van der Waals surface area contributed by atoms with Gasteiger partial charge in [0, 0.05) is 43.5 Å². The van der Waals surface area contributed by atoms with Crippen molar-refractivity contribution in [1.29, 1.82) is 0 Å². The van der Waals surface area contributed by atoms with E-state index in [1.165, 1.54) is 0 Å². The highest BCUT2D eigenvalue weighted by Gasteiger charge is 2.04. The van der Waals surface area contributed by atoms with Crippen molar-refractivity contribution in [3.8, 4) is 11.6 Å². The standard InChI is InChI=1S/C15H17ClN2O/c1-11-12(10-16)7-8-15(17-11)19-14-6-4-5-13(9-14)18(2)3/h4-9H,10H2,1-3H3. The van der Waals surface area contributed by atoms with Gasteiger partial charge in [-0.3, -0.25) is 0 Å². The van der Waals surface area contributed by atoms with Gasteiger partial charge >= 0.3 is 0 Å². The first-order valence-electron chi connectivity index (χ1n) is 6.08. The van der Waals surface area contributed by atoms with E-state index in [-0.39, 0.29) is 0 Å². The molecule has 0 saturated heterocycles. The summed E-state index contributed by atoms with van der Waals surface area (Å²) >= 11 is 5.81. The average Bonchev–Trinajstić information content (AvgIpc) is 2.39. The predicted octanol–water partition coefficient (Wildman–Crippen LogP) is 3.99. The van der Waals surface area contributed by atoms with Gasteiger partial charge in [0.15, 0.2) is 0 Å². The number of benzene rings is 1. The number of nitrogens with zero attached hydrogens (tertiary/aromatic N) is 2. The van der Waals surface area contributed by atoms with Crippen LogP contribution in [0.4, 0.5) is 5.69 Å². The van der Waals surface area contributed by atoms with Crippen molar-refractivity contribution in [2.45, 2.75) is 12.8 Å². The van der Waals surface area contributed by atoms with Crippen molar-refractivity contribution in [1.82, 2.24) is 4.98 Å². The van der Waals surface area contributed by atoms with Crippen LogP contribution in [0.5, 0.6) is 11.6 Å². The Labute approximate surface area is 118 Å². The molecule has 0 aliphatic carbocycles. The predicted molar refractivity (Wildman–Crippen MR) is 79.4 cm³/mol. The molecule has 19 heavy (non-hydrogen) atoms. The lowest BCUT2D eigenvalue weighted by Crippen LogP contribution is -2.08. The van der Waals surface area contributed by atoms with E-state index in [9.17, 15) is 0 Å². The molecule has 100 valence electrons. The van der Waals surface area contributed by atoms with Crippen LogP contribution in [0.25, 0.3) is 0 Å². The molecule has 0 unspecified atom stereocenters.